The fourth-order valence-electron chi connectivity index (χ4n) is 0.932. The van der Waals surface area contributed by atoms with E-state index in [4.69, 9.17) is 0 Å². The molecule has 0 saturated carbocycles. The third-order valence-electron chi connectivity index (χ3n) is 1.80. The van der Waals surface area contributed by atoms with E-state index in [0.717, 1.165) is 17.2 Å². The Hall–Kier alpha value is -0.120. The highest BCUT2D eigenvalue weighted by atomic mass is 32.1. The summed E-state index contributed by atoms with van der Waals surface area (Å²) < 4.78 is 0. The Bertz CT molecular complexity index is 223. The van der Waals surface area contributed by atoms with Crippen LogP contribution in [0.3, 0.4) is 0 Å². The number of rotatable bonds is 3. The summed E-state index contributed by atoms with van der Waals surface area (Å²) in [6, 6.07) is 8.06. The van der Waals surface area contributed by atoms with Crippen molar-refractivity contribution in [2.24, 2.45) is 0 Å². The topological polar surface area (TPSA) is 3.24 Å². The fraction of sp³-hybridized carbons (Fsp3) is 0.500. The van der Waals surface area contributed by atoms with Gasteiger partial charge in [0.2, 0.25) is 0 Å². The van der Waals surface area contributed by atoms with Gasteiger partial charge in [-0.15, -0.1) is 12.6 Å². The summed E-state index contributed by atoms with van der Waals surface area (Å²) in [6.45, 7) is 3.22. The minimum atomic E-state index is 0.998. The molecule has 0 radical (unpaired) electrons. The van der Waals surface area contributed by atoms with Gasteiger partial charge in [-0.25, -0.2) is 0 Å². The molecule has 0 saturated heterocycles. The molecule has 0 bridgehead atoms. The van der Waals surface area contributed by atoms with E-state index in [1.54, 1.807) is 0 Å². The second-order valence-electron chi connectivity index (χ2n) is 3.72. The van der Waals surface area contributed by atoms with E-state index in [-0.39, 0.29) is 0 Å². The molecule has 0 atom stereocenters. The van der Waals surface area contributed by atoms with Crippen LogP contribution in [0.1, 0.15) is 12.0 Å². The van der Waals surface area contributed by atoms with Crippen LogP contribution in [-0.4, -0.2) is 31.3 Å². The highest BCUT2D eigenvalue weighted by Gasteiger charge is 1.84. The van der Waals surface area contributed by atoms with Crippen molar-refractivity contribution in [2.75, 3.05) is 26.4 Å². The third kappa shape index (κ3) is 10.2. The van der Waals surface area contributed by atoms with E-state index < -0.39 is 0 Å². The number of aryl methyl sites for hydroxylation is 1. The first-order chi connectivity index (χ1) is 7.06. The summed E-state index contributed by atoms with van der Waals surface area (Å²) in [5, 5.41) is 0. The molecule has 1 nitrogen and oxygen atoms in total. The van der Waals surface area contributed by atoms with Gasteiger partial charge >= 0.3 is 0 Å². The molecule has 0 amide bonds. The highest BCUT2D eigenvalue weighted by molar-refractivity contribution is 7.80. The van der Waals surface area contributed by atoms with Crippen LogP contribution in [0.4, 0.5) is 0 Å². The largest absolute Gasteiger partial charge is 0.309 e. The number of hydrogen-bond donors (Lipinski definition) is 2. The van der Waals surface area contributed by atoms with Crippen molar-refractivity contribution in [1.82, 2.24) is 4.90 Å². The van der Waals surface area contributed by atoms with Crippen molar-refractivity contribution in [3.63, 3.8) is 0 Å². The smallest absolute Gasteiger partial charge is 0.00401 e. The molecule has 0 heterocycles. The van der Waals surface area contributed by atoms with Crippen molar-refractivity contribution < 1.29 is 0 Å². The van der Waals surface area contributed by atoms with Crippen molar-refractivity contribution >= 4 is 25.3 Å². The monoisotopic (exact) mass is 243 g/mol. The van der Waals surface area contributed by atoms with Gasteiger partial charge in [-0.2, -0.15) is 12.6 Å². The third-order valence-corrected chi connectivity index (χ3v) is 2.41. The van der Waals surface area contributed by atoms with E-state index in [9.17, 15) is 0 Å². The predicted molar refractivity (Wildman–Crippen MR) is 75.5 cm³/mol. The summed E-state index contributed by atoms with van der Waals surface area (Å²) >= 11 is 8.20. The van der Waals surface area contributed by atoms with Crippen molar-refractivity contribution in [3.05, 3.63) is 29.8 Å². The molecule has 0 aliphatic carbocycles. The molecule has 0 N–H and O–H groups in total. The summed E-state index contributed by atoms with van der Waals surface area (Å²) in [7, 11) is 4.15. The van der Waals surface area contributed by atoms with Crippen LogP contribution in [0.5, 0.6) is 0 Å². The number of nitrogens with zero attached hydrogens (tertiary/aromatic N) is 1. The Balaban J connectivity index is 0.000000265. The lowest BCUT2D eigenvalue weighted by Crippen LogP contribution is -2.12. The molecule has 86 valence electrons. The van der Waals surface area contributed by atoms with Crippen LogP contribution in [-0.2, 0) is 0 Å². The zero-order chi connectivity index (χ0) is 11.7. The Morgan fingerprint density at radius 1 is 1.13 bits per heavy atom. The summed E-state index contributed by atoms with van der Waals surface area (Å²) in [4.78, 5) is 3.19. The highest BCUT2D eigenvalue weighted by Crippen LogP contribution is 2.05. The SMILES string of the molecule is CN(C)CCCS.Cc1ccc(S)cc1. The van der Waals surface area contributed by atoms with E-state index in [0.29, 0.717) is 0 Å². The Morgan fingerprint density at radius 3 is 1.93 bits per heavy atom. The first kappa shape index (κ1) is 14.9. The van der Waals surface area contributed by atoms with Crippen molar-refractivity contribution in [2.45, 2.75) is 18.2 Å². The Kier molecular flexibility index (Phi) is 9.06. The standard InChI is InChI=1S/C7H8S.C5H13NS/c1-6-2-4-7(8)5-3-6;1-6(2)4-3-5-7/h2-5,8H,1H3;7H,3-5H2,1-2H3. The van der Waals surface area contributed by atoms with Gasteiger partial charge in [-0.1, -0.05) is 17.7 Å². The first-order valence-electron chi connectivity index (χ1n) is 5.07. The maximum Gasteiger partial charge on any atom is 0.00401 e. The van der Waals surface area contributed by atoms with Crippen LogP contribution in [0, 0.1) is 6.92 Å². The molecule has 3 heteroatoms. The molecule has 1 rings (SSSR count). The zero-order valence-electron chi connectivity index (χ0n) is 9.77. The number of benzene rings is 1. The predicted octanol–water partition coefficient (Wildman–Crippen LogP) is 3.15. The molecule has 15 heavy (non-hydrogen) atoms. The molecule has 0 fully saturated rings. The quantitative estimate of drug-likeness (QED) is 0.771. The zero-order valence-corrected chi connectivity index (χ0v) is 11.6. The minimum Gasteiger partial charge on any atom is -0.309 e. The van der Waals surface area contributed by atoms with Crippen LogP contribution in [0.25, 0.3) is 0 Å². The van der Waals surface area contributed by atoms with Gasteiger partial charge in [0.15, 0.2) is 0 Å². The van der Waals surface area contributed by atoms with E-state index >= 15 is 0 Å². The lowest BCUT2D eigenvalue weighted by Gasteiger charge is -2.05. The number of thiol groups is 2. The van der Waals surface area contributed by atoms with Crippen LogP contribution < -0.4 is 0 Å². The Morgan fingerprint density at radius 2 is 1.67 bits per heavy atom. The van der Waals surface area contributed by atoms with Gasteiger partial charge in [0, 0.05) is 4.90 Å². The van der Waals surface area contributed by atoms with Gasteiger partial charge in [0.1, 0.15) is 0 Å². The molecular formula is C12H21NS2. The first-order valence-corrected chi connectivity index (χ1v) is 6.15. The average molecular weight is 243 g/mol. The van der Waals surface area contributed by atoms with Crippen LogP contribution in [0.2, 0.25) is 0 Å². The van der Waals surface area contributed by atoms with E-state index in [1.165, 1.54) is 12.0 Å². The summed E-state index contributed by atoms with van der Waals surface area (Å²) in [5.74, 6) is 0.998. The lowest BCUT2D eigenvalue weighted by atomic mass is 10.2. The van der Waals surface area contributed by atoms with E-state index in [2.05, 4.69) is 51.2 Å². The minimum absolute atomic E-state index is 0.998. The molecule has 0 aliphatic heterocycles. The molecule has 0 unspecified atom stereocenters. The fourth-order valence-corrected chi connectivity index (χ4v) is 1.22. The average Bonchev–Trinajstić information content (AvgIpc) is 2.20. The second kappa shape index (κ2) is 9.13. The number of hydrogen-bond acceptors (Lipinski definition) is 3. The van der Waals surface area contributed by atoms with Crippen molar-refractivity contribution in [1.29, 1.82) is 0 Å². The normalized spacial score (nSPS) is 9.73. The second-order valence-corrected chi connectivity index (χ2v) is 4.68. The lowest BCUT2D eigenvalue weighted by molar-refractivity contribution is 0.410. The maximum absolute atomic E-state index is 4.13. The molecule has 0 spiro atoms. The molecular weight excluding hydrogens is 222 g/mol. The summed E-state index contributed by atoms with van der Waals surface area (Å²) in [6.07, 6.45) is 1.19. The van der Waals surface area contributed by atoms with Gasteiger partial charge in [0.05, 0.1) is 0 Å². The van der Waals surface area contributed by atoms with E-state index in [1.807, 2.05) is 24.3 Å². The van der Waals surface area contributed by atoms with Gasteiger partial charge in [-0.05, 0) is 51.9 Å². The molecule has 0 aliphatic rings. The van der Waals surface area contributed by atoms with Gasteiger partial charge in [0.25, 0.3) is 0 Å². The molecule has 1 aromatic rings. The van der Waals surface area contributed by atoms with Crippen molar-refractivity contribution in [3.8, 4) is 0 Å². The summed E-state index contributed by atoms with van der Waals surface area (Å²) in [5.41, 5.74) is 1.28. The Labute approximate surface area is 105 Å². The molecule has 0 aromatic heterocycles. The van der Waals surface area contributed by atoms with Crippen LogP contribution in [0.15, 0.2) is 29.2 Å². The maximum atomic E-state index is 4.13. The van der Waals surface area contributed by atoms with Gasteiger partial charge in [-0.3, -0.25) is 0 Å². The molecule has 1 aromatic carbocycles. The van der Waals surface area contributed by atoms with Gasteiger partial charge < -0.3 is 4.90 Å². The van der Waals surface area contributed by atoms with Crippen LogP contribution >= 0.6 is 25.3 Å².